The fourth-order valence-corrected chi connectivity index (χ4v) is 4.15. The molecule has 0 heterocycles. The molecule has 0 bridgehead atoms. The van der Waals surface area contributed by atoms with Crippen LogP contribution in [0, 0.1) is 24.7 Å². The molecule has 3 nitrogen and oxygen atoms in total. The molecule has 0 aromatic heterocycles. The van der Waals surface area contributed by atoms with Gasteiger partial charge in [-0.25, -0.2) is 0 Å². The molecule has 0 spiro atoms. The summed E-state index contributed by atoms with van der Waals surface area (Å²) in [7, 11) is -3.58. The van der Waals surface area contributed by atoms with Gasteiger partial charge in [-0.05, 0) is 49.7 Å². The van der Waals surface area contributed by atoms with Crippen molar-refractivity contribution in [2.75, 3.05) is 6.61 Å². The Hall–Kier alpha value is -0.870. The van der Waals surface area contributed by atoms with Crippen molar-refractivity contribution in [1.29, 1.82) is 0 Å². The third-order valence-electron chi connectivity index (χ3n) is 4.48. The van der Waals surface area contributed by atoms with Crippen molar-refractivity contribution in [3.63, 3.8) is 0 Å². The van der Waals surface area contributed by atoms with Gasteiger partial charge in [0.05, 0.1) is 11.5 Å². The SMILES string of the molecule is Cc1ccc(S(=O)(=O)OCC2CCCC3CC23)cc1. The summed E-state index contributed by atoms with van der Waals surface area (Å²) in [5.41, 5.74) is 1.05. The van der Waals surface area contributed by atoms with Gasteiger partial charge in [0.2, 0.25) is 0 Å². The van der Waals surface area contributed by atoms with Crippen LogP contribution in [0.3, 0.4) is 0 Å². The van der Waals surface area contributed by atoms with Gasteiger partial charge in [0.25, 0.3) is 10.1 Å². The lowest BCUT2D eigenvalue weighted by Gasteiger charge is -2.20. The lowest BCUT2D eigenvalue weighted by molar-refractivity contribution is 0.202. The molecule has 19 heavy (non-hydrogen) atoms. The molecule has 104 valence electrons. The monoisotopic (exact) mass is 280 g/mol. The van der Waals surface area contributed by atoms with Gasteiger partial charge in [0.15, 0.2) is 0 Å². The molecule has 2 saturated carbocycles. The van der Waals surface area contributed by atoms with Crippen LogP contribution < -0.4 is 0 Å². The van der Waals surface area contributed by atoms with Crippen molar-refractivity contribution in [1.82, 2.24) is 0 Å². The number of benzene rings is 1. The summed E-state index contributed by atoms with van der Waals surface area (Å²) in [5.74, 6) is 2.02. The molecule has 1 aromatic carbocycles. The second kappa shape index (κ2) is 4.91. The highest BCUT2D eigenvalue weighted by molar-refractivity contribution is 7.86. The number of aryl methyl sites for hydroxylation is 1. The summed E-state index contributed by atoms with van der Waals surface area (Å²) >= 11 is 0. The van der Waals surface area contributed by atoms with Crippen molar-refractivity contribution in [2.45, 2.75) is 37.5 Å². The van der Waals surface area contributed by atoms with E-state index in [0.29, 0.717) is 12.5 Å². The predicted molar refractivity (Wildman–Crippen MR) is 73.3 cm³/mol. The Morgan fingerprint density at radius 3 is 2.68 bits per heavy atom. The second-order valence-corrected chi connectivity index (χ2v) is 7.52. The largest absolute Gasteiger partial charge is 0.296 e. The number of rotatable bonds is 4. The molecule has 3 atom stereocenters. The Labute approximate surface area is 115 Å². The first-order valence-electron chi connectivity index (χ1n) is 7.02. The van der Waals surface area contributed by atoms with Gasteiger partial charge in [-0.3, -0.25) is 4.18 Å². The van der Waals surface area contributed by atoms with Crippen molar-refractivity contribution in [2.24, 2.45) is 17.8 Å². The molecular weight excluding hydrogens is 260 g/mol. The third-order valence-corrected chi connectivity index (χ3v) is 5.78. The minimum atomic E-state index is -3.58. The van der Waals surface area contributed by atoms with Gasteiger partial charge in [0.1, 0.15) is 0 Å². The van der Waals surface area contributed by atoms with E-state index in [9.17, 15) is 8.42 Å². The Kier molecular flexibility index (Phi) is 3.39. The van der Waals surface area contributed by atoms with E-state index in [0.717, 1.165) is 23.8 Å². The van der Waals surface area contributed by atoms with Gasteiger partial charge in [-0.2, -0.15) is 8.42 Å². The van der Waals surface area contributed by atoms with Crippen molar-refractivity contribution in [3.8, 4) is 0 Å². The van der Waals surface area contributed by atoms with Crippen molar-refractivity contribution in [3.05, 3.63) is 29.8 Å². The lowest BCUT2D eigenvalue weighted by Crippen LogP contribution is -2.19. The highest BCUT2D eigenvalue weighted by atomic mass is 32.2. The predicted octanol–water partition coefficient (Wildman–Crippen LogP) is 3.14. The zero-order valence-corrected chi connectivity index (χ0v) is 12.0. The van der Waals surface area contributed by atoms with Crippen LogP contribution in [0.2, 0.25) is 0 Å². The van der Waals surface area contributed by atoms with E-state index >= 15 is 0 Å². The Morgan fingerprint density at radius 2 is 1.95 bits per heavy atom. The van der Waals surface area contributed by atoms with Crippen LogP contribution in [0.5, 0.6) is 0 Å². The number of fused-ring (bicyclic) bond motifs is 1. The average molecular weight is 280 g/mol. The van der Waals surface area contributed by atoms with Gasteiger partial charge >= 0.3 is 0 Å². The minimum absolute atomic E-state index is 0.265. The smallest absolute Gasteiger partial charge is 0.266 e. The third kappa shape index (κ3) is 2.84. The van der Waals surface area contributed by atoms with Crippen LogP contribution in [0.4, 0.5) is 0 Å². The summed E-state index contributed by atoms with van der Waals surface area (Å²) in [5, 5.41) is 0. The first-order valence-corrected chi connectivity index (χ1v) is 8.43. The first-order chi connectivity index (χ1) is 9.06. The van der Waals surface area contributed by atoms with Crippen molar-refractivity contribution < 1.29 is 12.6 Å². The fraction of sp³-hybridized carbons (Fsp3) is 0.600. The highest BCUT2D eigenvalue weighted by Crippen LogP contribution is 2.52. The zero-order chi connectivity index (χ0) is 13.5. The van der Waals surface area contributed by atoms with E-state index in [-0.39, 0.29) is 4.90 Å². The quantitative estimate of drug-likeness (QED) is 0.796. The maximum Gasteiger partial charge on any atom is 0.296 e. The van der Waals surface area contributed by atoms with E-state index in [4.69, 9.17) is 4.18 Å². The molecule has 0 N–H and O–H groups in total. The molecule has 2 aliphatic carbocycles. The normalized spacial score (nSPS) is 29.8. The maximum atomic E-state index is 12.1. The molecule has 0 saturated heterocycles. The summed E-state index contributed by atoms with van der Waals surface area (Å²) in [6.07, 6.45) is 4.94. The molecule has 3 unspecified atom stereocenters. The average Bonchev–Trinajstić information content (AvgIpc) is 3.16. The second-order valence-electron chi connectivity index (χ2n) is 5.90. The first kappa shape index (κ1) is 13.1. The molecular formula is C15H20O3S. The van der Waals surface area contributed by atoms with Crippen molar-refractivity contribution >= 4 is 10.1 Å². The number of hydrogen-bond donors (Lipinski definition) is 0. The van der Waals surface area contributed by atoms with Crippen LogP contribution in [0.15, 0.2) is 29.2 Å². The standard InChI is InChI=1S/C15H20O3S/c1-11-5-7-14(8-6-11)19(16,17)18-10-13-4-2-3-12-9-15(12)13/h5-8,12-13,15H,2-4,9-10H2,1H3. The van der Waals surface area contributed by atoms with Gasteiger partial charge < -0.3 is 0 Å². The molecule has 0 aliphatic heterocycles. The van der Waals surface area contributed by atoms with E-state index in [2.05, 4.69) is 0 Å². The van der Waals surface area contributed by atoms with Crippen LogP contribution in [-0.4, -0.2) is 15.0 Å². The number of hydrogen-bond acceptors (Lipinski definition) is 3. The Bertz CT molecular complexity index is 547. The maximum absolute atomic E-state index is 12.1. The summed E-state index contributed by atoms with van der Waals surface area (Å²) < 4.78 is 29.4. The van der Waals surface area contributed by atoms with Crippen LogP contribution in [0.25, 0.3) is 0 Å². The fourth-order valence-electron chi connectivity index (χ4n) is 3.19. The van der Waals surface area contributed by atoms with E-state index in [1.165, 1.54) is 19.3 Å². The van der Waals surface area contributed by atoms with Gasteiger partial charge in [0, 0.05) is 0 Å². The van der Waals surface area contributed by atoms with Gasteiger partial charge in [-0.1, -0.05) is 30.5 Å². The molecule has 3 rings (SSSR count). The summed E-state index contributed by atoms with van der Waals surface area (Å²) in [6.45, 7) is 2.30. The molecule has 0 radical (unpaired) electrons. The topological polar surface area (TPSA) is 43.4 Å². The highest BCUT2D eigenvalue weighted by Gasteiger charge is 2.45. The van der Waals surface area contributed by atoms with Crippen LogP contribution in [0.1, 0.15) is 31.2 Å². The minimum Gasteiger partial charge on any atom is -0.266 e. The molecule has 2 aliphatic rings. The van der Waals surface area contributed by atoms with Crippen LogP contribution >= 0.6 is 0 Å². The van der Waals surface area contributed by atoms with Gasteiger partial charge in [-0.15, -0.1) is 0 Å². The van der Waals surface area contributed by atoms with E-state index in [1.54, 1.807) is 24.3 Å². The Balaban J connectivity index is 1.63. The Morgan fingerprint density at radius 1 is 1.21 bits per heavy atom. The summed E-state index contributed by atoms with van der Waals surface area (Å²) in [4.78, 5) is 0.265. The molecule has 2 fully saturated rings. The molecule has 0 amide bonds. The van der Waals surface area contributed by atoms with E-state index in [1.807, 2.05) is 6.92 Å². The lowest BCUT2D eigenvalue weighted by atomic mass is 9.90. The van der Waals surface area contributed by atoms with E-state index < -0.39 is 10.1 Å². The summed E-state index contributed by atoms with van der Waals surface area (Å²) in [6, 6.07) is 6.83. The molecule has 1 aromatic rings. The molecule has 4 heteroatoms. The van der Waals surface area contributed by atoms with Crippen LogP contribution in [-0.2, 0) is 14.3 Å². The zero-order valence-electron chi connectivity index (χ0n) is 11.2.